The molecule has 0 atom stereocenters. The second-order valence-electron chi connectivity index (χ2n) is 5.28. The molecule has 1 aromatic heterocycles. The third-order valence-corrected chi connectivity index (χ3v) is 4.07. The van der Waals surface area contributed by atoms with Crippen molar-refractivity contribution >= 4 is 28.5 Å². The maximum absolute atomic E-state index is 11.5. The highest BCUT2D eigenvalue weighted by Gasteiger charge is 2.10. The number of fused-ring (bicyclic) bond motifs is 1. The lowest BCUT2D eigenvalue weighted by atomic mass is 10.0. The van der Waals surface area contributed by atoms with Gasteiger partial charge in [-0.2, -0.15) is 0 Å². The number of ether oxygens (including phenoxy) is 1. The first-order valence-electron chi connectivity index (χ1n) is 7.02. The SMILES string of the molecule is COC(=O)c1ccc(Cc2c(C)[nH]c3ccc(Cl)cc23)cc1. The van der Waals surface area contributed by atoms with Crippen LogP contribution in [0.4, 0.5) is 0 Å². The average Bonchev–Trinajstić information content (AvgIpc) is 2.83. The van der Waals surface area contributed by atoms with Crippen molar-refractivity contribution in [3.63, 3.8) is 0 Å². The molecule has 0 saturated carbocycles. The summed E-state index contributed by atoms with van der Waals surface area (Å²) in [5, 5.41) is 1.87. The van der Waals surface area contributed by atoms with E-state index in [1.165, 1.54) is 12.7 Å². The third-order valence-electron chi connectivity index (χ3n) is 3.84. The highest BCUT2D eigenvalue weighted by atomic mass is 35.5. The second-order valence-corrected chi connectivity index (χ2v) is 5.72. The number of nitrogens with one attached hydrogen (secondary N) is 1. The molecule has 0 aliphatic carbocycles. The molecule has 0 spiro atoms. The average molecular weight is 314 g/mol. The van der Waals surface area contributed by atoms with Gasteiger partial charge in [-0.25, -0.2) is 4.79 Å². The predicted octanol–water partition coefficient (Wildman–Crippen LogP) is 4.51. The Morgan fingerprint density at radius 1 is 1.18 bits per heavy atom. The van der Waals surface area contributed by atoms with Crippen LogP contribution >= 0.6 is 11.6 Å². The van der Waals surface area contributed by atoms with Gasteiger partial charge in [0.15, 0.2) is 0 Å². The molecule has 0 radical (unpaired) electrons. The van der Waals surface area contributed by atoms with E-state index in [4.69, 9.17) is 16.3 Å². The highest BCUT2D eigenvalue weighted by Crippen LogP contribution is 2.27. The predicted molar refractivity (Wildman–Crippen MR) is 88.6 cm³/mol. The van der Waals surface area contributed by atoms with Gasteiger partial charge in [-0.05, 0) is 54.8 Å². The molecule has 0 bridgehead atoms. The minimum atomic E-state index is -0.318. The van der Waals surface area contributed by atoms with Gasteiger partial charge >= 0.3 is 5.97 Å². The lowest BCUT2D eigenvalue weighted by molar-refractivity contribution is 0.0600. The van der Waals surface area contributed by atoms with E-state index in [0.29, 0.717) is 5.56 Å². The molecule has 1 heterocycles. The number of carbonyl (C=O) groups is 1. The number of methoxy groups -OCH3 is 1. The topological polar surface area (TPSA) is 42.1 Å². The maximum Gasteiger partial charge on any atom is 0.337 e. The molecule has 0 saturated heterocycles. The number of hydrogen-bond donors (Lipinski definition) is 1. The van der Waals surface area contributed by atoms with Crippen LogP contribution in [0.5, 0.6) is 0 Å². The van der Waals surface area contributed by atoms with E-state index in [0.717, 1.165) is 33.6 Å². The van der Waals surface area contributed by atoms with Gasteiger partial charge in [-0.1, -0.05) is 23.7 Å². The Morgan fingerprint density at radius 3 is 2.59 bits per heavy atom. The summed E-state index contributed by atoms with van der Waals surface area (Å²) in [6.07, 6.45) is 0.785. The zero-order chi connectivity index (χ0) is 15.7. The van der Waals surface area contributed by atoms with Gasteiger partial charge in [-0.15, -0.1) is 0 Å². The molecule has 0 aliphatic rings. The van der Waals surface area contributed by atoms with Gasteiger partial charge < -0.3 is 9.72 Å². The zero-order valence-corrected chi connectivity index (χ0v) is 13.2. The van der Waals surface area contributed by atoms with Crippen molar-refractivity contribution < 1.29 is 9.53 Å². The highest BCUT2D eigenvalue weighted by molar-refractivity contribution is 6.31. The second kappa shape index (κ2) is 5.85. The minimum absolute atomic E-state index is 0.318. The summed E-state index contributed by atoms with van der Waals surface area (Å²) in [6.45, 7) is 2.06. The summed E-state index contributed by atoms with van der Waals surface area (Å²) in [4.78, 5) is 14.8. The van der Waals surface area contributed by atoms with Gasteiger partial charge in [-0.3, -0.25) is 0 Å². The van der Waals surface area contributed by atoms with E-state index < -0.39 is 0 Å². The number of carbonyl (C=O) groups excluding carboxylic acids is 1. The first-order valence-corrected chi connectivity index (χ1v) is 7.40. The number of halogens is 1. The van der Waals surface area contributed by atoms with E-state index in [1.54, 1.807) is 12.1 Å². The molecule has 1 N–H and O–H groups in total. The quantitative estimate of drug-likeness (QED) is 0.723. The smallest absolute Gasteiger partial charge is 0.337 e. The van der Waals surface area contributed by atoms with Crippen LogP contribution in [0.1, 0.15) is 27.2 Å². The molecule has 0 aliphatic heterocycles. The lowest BCUT2D eigenvalue weighted by Gasteiger charge is -2.04. The Labute approximate surface area is 133 Å². The fraction of sp³-hybridized carbons (Fsp3) is 0.167. The Morgan fingerprint density at radius 2 is 1.91 bits per heavy atom. The van der Waals surface area contributed by atoms with Crippen LogP contribution in [0.3, 0.4) is 0 Å². The lowest BCUT2D eigenvalue weighted by Crippen LogP contribution is -2.01. The van der Waals surface area contributed by atoms with Crippen LogP contribution in [0.15, 0.2) is 42.5 Å². The third kappa shape index (κ3) is 2.72. The fourth-order valence-corrected chi connectivity index (χ4v) is 2.84. The zero-order valence-electron chi connectivity index (χ0n) is 12.4. The molecule has 2 aromatic carbocycles. The molecule has 0 fully saturated rings. The van der Waals surface area contributed by atoms with Gasteiger partial charge in [0.25, 0.3) is 0 Å². The fourth-order valence-electron chi connectivity index (χ4n) is 2.66. The van der Waals surface area contributed by atoms with Crippen LogP contribution in [-0.2, 0) is 11.2 Å². The Balaban J connectivity index is 1.94. The first kappa shape index (κ1) is 14.7. The normalized spacial score (nSPS) is 10.9. The molecule has 0 amide bonds. The van der Waals surface area contributed by atoms with Crippen molar-refractivity contribution in [3.8, 4) is 0 Å². The molecule has 22 heavy (non-hydrogen) atoms. The molecule has 3 nitrogen and oxygen atoms in total. The Hall–Kier alpha value is -2.26. The van der Waals surface area contributed by atoms with Gasteiger partial charge in [0.05, 0.1) is 12.7 Å². The number of esters is 1. The summed E-state index contributed by atoms with van der Waals surface area (Å²) in [7, 11) is 1.38. The largest absolute Gasteiger partial charge is 0.465 e. The monoisotopic (exact) mass is 313 g/mol. The van der Waals surface area contributed by atoms with Crippen molar-refractivity contribution in [2.24, 2.45) is 0 Å². The molecule has 3 rings (SSSR count). The van der Waals surface area contributed by atoms with E-state index in [-0.39, 0.29) is 5.97 Å². The van der Waals surface area contributed by atoms with Crippen LogP contribution in [0.25, 0.3) is 10.9 Å². The molecule has 3 aromatic rings. The van der Waals surface area contributed by atoms with Crippen LogP contribution in [0, 0.1) is 6.92 Å². The van der Waals surface area contributed by atoms with Crippen LogP contribution < -0.4 is 0 Å². The number of aromatic nitrogens is 1. The van der Waals surface area contributed by atoms with Crippen molar-refractivity contribution in [1.29, 1.82) is 0 Å². The van der Waals surface area contributed by atoms with Crippen molar-refractivity contribution in [2.75, 3.05) is 7.11 Å². The molecular formula is C18H16ClNO2. The van der Waals surface area contributed by atoms with Crippen molar-refractivity contribution in [2.45, 2.75) is 13.3 Å². The Kier molecular flexibility index (Phi) is 3.90. The minimum Gasteiger partial charge on any atom is -0.465 e. The number of benzene rings is 2. The van der Waals surface area contributed by atoms with Crippen molar-refractivity contribution in [3.05, 3.63) is 69.9 Å². The van der Waals surface area contributed by atoms with Crippen LogP contribution in [0.2, 0.25) is 5.02 Å². The van der Waals surface area contributed by atoms with E-state index in [1.807, 2.05) is 30.3 Å². The number of H-pyrrole nitrogens is 1. The molecule has 4 heteroatoms. The molecular weight excluding hydrogens is 298 g/mol. The summed E-state index contributed by atoms with van der Waals surface area (Å²) < 4.78 is 4.71. The Bertz CT molecular complexity index is 834. The van der Waals surface area contributed by atoms with Gasteiger partial charge in [0.2, 0.25) is 0 Å². The summed E-state index contributed by atoms with van der Waals surface area (Å²) in [5.74, 6) is -0.318. The van der Waals surface area contributed by atoms with Gasteiger partial charge in [0.1, 0.15) is 0 Å². The van der Waals surface area contributed by atoms with Crippen molar-refractivity contribution in [1.82, 2.24) is 4.98 Å². The molecule has 112 valence electrons. The number of aryl methyl sites for hydroxylation is 1. The van der Waals surface area contributed by atoms with Gasteiger partial charge in [0, 0.05) is 21.6 Å². The number of hydrogen-bond acceptors (Lipinski definition) is 2. The number of rotatable bonds is 3. The first-order chi connectivity index (χ1) is 10.6. The van der Waals surface area contributed by atoms with E-state index >= 15 is 0 Å². The summed E-state index contributed by atoms with van der Waals surface area (Å²) in [6, 6.07) is 13.3. The maximum atomic E-state index is 11.5. The standard InChI is InChI=1S/C18H16ClNO2/c1-11-15(16-10-14(19)7-8-17(16)20-11)9-12-3-5-13(6-4-12)18(21)22-2/h3-8,10,20H,9H2,1-2H3. The molecule has 0 unspecified atom stereocenters. The van der Waals surface area contributed by atoms with E-state index in [9.17, 15) is 4.79 Å². The van der Waals surface area contributed by atoms with Crippen LogP contribution in [-0.4, -0.2) is 18.1 Å². The summed E-state index contributed by atoms with van der Waals surface area (Å²) in [5.41, 5.74) is 5.14. The number of aromatic amines is 1. The van der Waals surface area contributed by atoms with E-state index in [2.05, 4.69) is 11.9 Å². The summed E-state index contributed by atoms with van der Waals surface area (Å²) >= 11 is 6.11.